The highest BCUT2D eigenvalue weighted by Crippen LogP contribution is 2.25. The van der Waals surface area contributed by atoms with Crippen LogP contribution in [0.1, 0.15) is 28.8 Å². The number of hydrogen-bond donors (Lipinski definition) is 2. The molecule has 1 unspecified atom stereocenters. The molecule has 0 amide bonds. The zero-order valence-corrected chi connectivity index (χ0v) is 15.1. The second-order valence-electron chi connectivity index (χ2n) is 7.13. The van der Waals surface area contributed by atoms with Crippen LogP contribution in [0.5, 0.6) is 0 Å². The Hall–Kier alpha value is -2.92. The minimum atomic E-state index is -0.875. The van der Waals surface area contributed by atoms with Crippen LogP contribution in [-0.2, 0) is 6.54 Å². The average Bonchev–Trinajstić information content (AvgIpc) is 2.69. The number of aromatic carboxylic acids is 1. The summed E-state index contributed by atoms with van der Waals surface area (Å²) >= 11 is 0. The van der Waals surface area contributed by atoms with Crippen LogP contribution in [0, 0.1) is 0 Å². The van der Waals surface area contributed by atoms with Gasteiger partial charge in [-0.2, -0.15) is 0 Å². The Kier molecular flexibility index (Phi) is 5.03. The molecule has 0 radical (unpaired) electrons. The van der Waals surface area contributed by atoms with Crippen molar-refractivity contribution in [2.24, 2.45) is 0 Å². The van der Waals surface area contributed by atoms with E-state index in [0.717, 1.165) is 49.1 Å². The maximum atomic E-state index is 11.2. The lowest BCUT2D eigenvalue weighted by molar-refractivity contribution is 0.0696. The van der Waals surface area contributed by atoms with Crippen molar-refractivity contribution in [3.63, 3.8) is 0 Å². The third-order valence-corrected chi connectivity index (χ3v) is 5.13. The number of hydrogen-bond acceptors (Lipinski definition) is 4. The highest BCUT2D eigenvalue weighted by atomic mass is 16.4. The number of likely N-dealkylation sites (tertiary alicyclic amines) is 1. The van der Waals surface area contributed by atoms with Gasteiger partial charge >= 0.3 is 5.97 Å². The molecule has 1 saturated heterocycles. The van der Waals surface area contributed by atoms with Gasteiger partial charge in [0.15, 0.2) is 0 Å². The molecule has 0 saturated carbocycles. The quantitative estimate of drug-likeness (QED) is 0.719. The predicted molar refractivity (Wildman–Crippen MR) is 107 cm³/mol. The van der Waals surface area contributed by atoms with Crippen molar-refractivity contribution in [2.45, 2.75) is 25.4 Å². The van der Waals surface area contributed by atoms with E-state index in [4.69, 9.17) is 0 Å². The maximum absolute atomic E-state index is 11.2. The van der Waals surface area contributed by atoms with Gasteiger partial charge in [-0.25, -0.2) is 4.79 Å². The van der Waals surface area contributed by atoms with Crippen molar-refractivity contribution in [2.75, 3.05) is 18.4 Å². The molecule has 1 atom stereocenters. The zero-order chi connectivity index (χ0) is 18.6. The highest BCUT2D eigenvalue weighted by molar-refractivity contribution is 5.93. The average molecular weight is 361 g/mol. The van der Waals surface area contributed by atoms with Gasteiger partial charge in [-0.1, -0.05) is 24.3 Å². The summed E-state index contributed by atoms with van der Waals surface area (Å²) < 4.78 is 0. The van der Waals surface area contributed by atoms with Crippen molar-refractivity contribution in [1.29, 1.82) is 0 Å². The molecule has 4 rings (SSSR count). The number of aromatic nitrogens is 1. The molecule has 1 aliphatic rings. The predicted octanol–water partition coefficient (Wildman–Crippen LogP) is 4.01. The molecule has 5 heteroatoms. The van der Waals surface area contributed by atoms with Gasteiger partial charge in [0.2, 0.25) is 0 Å². The topological polar surface area (TPSA) is 65.5 Å². The lowest BCUT2D eigenvalue weighted by Gasteiger charge is -2.34. The first-order chi connectivity index (χ1) is 13.2. The normalized spacial score (nSPS) is 17.7. The molecule has 1 aromatic heterocycles. The van der Waals surface area contributed by atoms with Gasteiger partial charge in [0.1, 0.15) is 0 Å². The second kappa shape index (κ2) is 7.76. The fourth-order valence-corrected chi connectivity index (χ4v) is 3.85. The largest absolute Gasteiger partial charge is 0.478 e. The molecule has 1 fully saturated rings. The first kappa shape index (κ1) is 17.5. The molecule has 27 heavy (non-hydrogen) atoms. The van der Waals surface area contributed by atoms with Crippen LogP contribution in [0.15, 0.2) is 60.9 Å². The fourth-order valence-electron chi connectivity index (χ4n) is 3.85. The van der Waals surface area contributed by atoms with E-state index in [0.29, 0.717) is 11.6 Å². The fraction of sp³-hybridized carbons (Fsp3) is 0.273. The number of piperidine rings is 1. The Morgan fingerprint density at radius 3 is 3.00 bits per heavy atom. The third kappa shape index (κ3) is 4.09. The lowest BCUT2D eigenvalue weighted by Crippen LogP contribution is -2.41. The molecular formula is C22H23N3O2. The monoisotopic (exact) mass is 361 g/mol. The molecule has 2 N–H and O–H groups in total. The maximum Gasteiger partial charge on any atom is 0.335 e. The van der Waals surface area contributed by atoms with Crippen LogP contribution in [0.3, 0.4) is 0 Å². The lowest BCUT2D eigenvalue weighted by atomic mass is 10.0. The number of nitrogens with one attached hydrogen (secondary N) is 1. The molecule has 0 spiro atoms. The number of anilines is 1. The SMILES string of the molecule is O=C(O)c1cccc(CN2CCCC(Nc3cccc4cnccc34)C2)c1. The van der Waals surface area contributed by atoms with Gasteiger partial charge in [0, 0.05) is 48.0 Å². The standard InChI is InChI=1S/C22H23N3O2/c26-22(27)17-5-1-4-16(12-17)14-25-11-3-7-19(15-25)24-21-8-2-6-18-13-23-10-9-20(18)21/h1-2,4-6,8-10,12-13,19,24H,3,7,11,14-15H2,(H,26,27). The molecule has 138 valence electrons. The van der Waals surface area contributed by atoms with Crippen LogP contribution in [0.25, 0.3) is 10.8 Å². The van der Waals surface area contributed by atoms with E-state index in [9.17, 15) is 9.90 Å². The molecule has 1 aliphatic heterocycles. The Morgan fingerprint density at radius 2 is 2.11 bits per heavy atom. The van der Waals surface area contributed by atoms with Crippen molar-refractivity contribution in [1.82, 2.24) is 9.88 Å². The van der Waals surface area contributed by atoms with E-state index >= 15 is 0 Å². The van der Waals surface area contributed by atoms with Gasteiger partial charge in [-0.05, 0) is 49.2 Å². The minimum absolute atomic E-state index is 0.351. The third-order valence-electron chi connectivity index (χ3n) is 5.13. The molecule has 2 heterocycles. The molecule has 0 bridgehead atoms. The number of fused-ring (bicyclic) bond motifs is 1. The van der Waals surface area contributed by atoms with E-state index in [1.54, 1.807) is 12.1 Å². The Labute approximate surface area is 158 Å². The number of carboxylic acid groups (broad SMARTS) is 1. The summed E-state index contributed by atoms with van der Waals surface area (Å²) in [5.41, 5.74) is 2.55. The van der Waals surface area contributed by atoms with Crippen LogP contribution >= 0.6 is 0 Å². The Bertz CT molecular complexity index is 952. The first-order valence-corrected chi connectivity index (χ1v) is 9.33. The van der Waals surface area contributed by atoms with Gasteiger partial charge in [-0.15, -0.1) is 0 Å². The number of benzene rings is 2. The summed E-state index contributed by atoms with van der Waals surface area (Å²) in [6.45, 7) is 2.76. The number of nitrogens with zero attached hydrogens (tertiary/aromatic N) is 2. The zero-order valence-electron chi connectivity index (χ0n) is 15.1. The summed E-state index contributed by atoms with van der Waals surface area (Å²) in [6.07, 6.45) is 5.98. The van der Waals surface area contributed by atoms with Crippen LogP contribution < -0.4 is 5.32 Å². The van der Waals surface area contributed by atoms with E-state index in [1.165, 1.54) is 5.39 Å². The second-order valence-corrected chi connectivity index (χ2v) is 7.13. The number of rotatable bonds is 5. The minimum Gasteiger partial charge on any atom is -0.478 e. The summed E-state index contributed by atoms with van der Waals surface area (Å²) in [5.74, 6) is -0.875. The summed E-state index contributed by atoms with van der Waals surface area (Å²) in [5, 5.41) is 15.2. The van der Waals surface area contributed by atoms with Crippen molar-refractivity contribution >= 4 is 22.4 Å². The van der Waals surface area contributed by atoms with Gasteiger partial charge in [0.05, 0.1) is 5.56 Å². The smallest absolute Gasteiger partial charge is 0.335 e. The van der Waals surface area contributed by atoms with Gasteiger partial charge in [-0.3, -0.25) is 9.88 Å². The molecule has 0 aliphatic carbocycles. The Balaban J connectivity index is 1.45. The van der Waals surface area contributed by atoms with Crippen LogP contribution in [0.4, 0.5) is 5.69 Å². The van der Waals surface area contributed by atoms with Gasteiger partial charge < -0.3 is 10.4 Å². The van der Waals surface area contributed by atoms with E-state index in [1.807, 2.05) is 24.5 Å². The van der Waals surface area contributed by atoms with Crippen molar-refractivity contribution in [3.05, 3.63) is 72.1 Å². The Morgan fingerprint density at radius 1 is 1.22 bits per heavy atom. The van der Waals surface area contributed by atoms with Crippen LogP contribution in [-0.4, -0.2) is 40.1 Å². The molecule has 5 nitrogen and oxygen atoms in total. The van der Waals surface area contributed by atoms with Crippen LogP contribution in [0.2, 0.25) is 0 Å². The number of carbonyl (C=O) groups is 1. The number of carboxylic acids is 1. The highest BCUT2D eigenvalue weighted by Gasteiger charge is 2.20. The summed E-state index contributed by atoms with van der Waals surface area (Å²) in [6, 6.07) is 15.9. The number of pyridine rings is 1. The molecular weight excluding hydrogens is 338 g/mol. The molecule has 2 aromatic carbocycles. The molecule has 3 aromatic rings. The first-order valence-electron chi connectivity index (χ1n) is 9.33. The summed E-state index contributed by atoms with van der Waals surface area (Å²) in [7, 11) is 0. The van der Waals surface area contributed by atoms with Gasteiger partial charge in [0.25, 0.3) is 0 Å². The summed E-state index contributed by atoms with van der Waals surface area (Å²) in [4.78, 5) is 17.8. The van der Waals surface area contributed by atoms with E-state index in [-0.39, 0.29) is 0 Å². The van der Waals surface area contributed by atoms with Crippen molar-refractivity contribution in [3.8, 4) is 0 Å². The van der Waals surface area contributed by atoms with Crippen molar-refractivity contribution < 1.29 is 9.90 Å². The van der Waals surface area contributed by atoms with E-state index in [2.05, 4.69) is 39.5 Å². The van der Waals surface area contributed by atoms with E-state index < -0.39 is 5.97 Å².